The van der Waals surface area contributed by atoms with Crippen LogP contribution in [0.5, 0.6) is 5.75 Å². The van der Waals surface area contributed by atoms with Crippen molar-refractivity contribution in [3.8, 4) is 17.0 Å². The number of aromatic hydroxyl groups is 1. The van der Waals surface area contributed by atoms with Gasteiger partial charge in [-0.1, -0.05) is 30.3 Å². The number of aromatic amines is 1. The Kier molecular flexibility index (Phi) is 2.66. The van der Waals surface area contributed by atoms with Crippen molar-refractivity contribution < 1.29 is 15.0 Å². The Hall–Kier alpha value is -2.56. The number of nitrogens with one attached hydrogen (secondary N) is 1. The minimum atomic E-state index is -1.37. The monoisotopic (exact) mass is 231 g/mol. The molecular weight excluding hydrogens is 222 g/mol. The molecule has 0 unspecified atom stereocenters. The summed E-state index contributed by atoms with van der Waals surface area (Å²) in [5.41, 5.74) is -0.407. The molecule has 2 rings (SSSR count). The number of aromatic nitrogens is 1. The van der Waals surface area contributed by atoms with E-state index in [0.29, 0.717) is 5.56 Å². The van der Waals surface area contributed by atoms with Crippen LogP contribution in [-0.2, 0) is 0 Å². The first-order valence-electron chi connectivity index (χ1n) is 4.84. The van der Waals surface area contributed by atoms with Crippen LogP contribution in [0.15, 0.2) is 41.2 Å². The maximum absolute atomic E-state index is 11.5. The van der Waals surface area contributed by atoms with E-state index < -0.39 is 17.1 Å². The predicted octanol–water partition coefficient (Wildman–Crippen LogP) is 1.45. The predicted molar refractivity (Wildman–Crippen MR) is 61.1 cm³/mol. The summed E-state index contributed by atoms with van der Waals surface area (Å²) in [7, 11) is 0. The maximum atomic E-state index is 11.5. The first kappa shape index (κ1) is 10.9. The van der Waals surface area contributed by atoms with Gasteiger partial charge in [0.1, 0.15) is 11.3 Å². The Bertz CT molecular complexity index is 616. The van der Waals surface area contributed by atoms with Crippen molar-refractivity contribution in [2.24, 2.45) is 0 Å². The van der Waals surface area contributed by atoms with Crippen molar-refractivity contribution in [3.63, 3.8) is 0 Å². The molecule has 0 spiro atoms. The fourth-order valence-electron chi connectivity index (χ4n) is 1.50. The SMILES string of the molecule is O=C(O)c1cc(O)c(-c2ccccc2)[nH]c1=O. The van der Waals surface area contributed by atoms with Gasteiger partial charge in [0.2, 0.25) is 0 Å². The van der Waals surface area contributed by atoms with Crippen LogP contribution in [0.1, 0.15) is 10.4 Å². The molecular formula is C12H9NO4. The molecule has 0 aliphatic heterocycles. The fourth-order valence-corrected chi connectivity index (χ4v) is 1.50. The molecule has 0 fully saturated rings. The Morgan fingerprint density at radius 1 is 1.18 bits per heavy atom. The van der Waals surface area contributed by atoms with E-state index in [-0.39, 0.29) is 11.4 Å². The molecule has 0 radical (unpaired) electrons. The van der Waals surface area contributed by atoms with Crippen molar-refractivity contribution >= 4 is 5.97 Å². The highest BCUT2D eigenvalue weighted by Crippen LogP contribution is 2.25. The highest BCUT2D eigenvalue weighted by molar-refractivity contribution is 5.88. The molecule has 0 bridgehead atoms. The second kappa shape index (κ2) is 4.13. The van der Waals surface area contributed by atoms with Crippen LogP contribution >= 0.6 is 0 Å². The van der Waals surface area contributed by atoms with Crippen LogP contribution < -0.4 is 5.56 Å². The first-order chi connectivity index (χ1) is 8.09. The number of H-pyrrole nitrogens is 1. The number of aromatic carboxylic acids is 1. The van der Waals surface area contributed by atoms with Gasteiger partial charge in [0.25, 0.3) is 5.56 Å². The van der Waals surface area contributed by atoms with Gasteiger partial charge in [0.15, 0.2) is 0 Å². The highest BCUT2D eigenvalue weighted by atomic mass is 16.4. The van der Waals surface area contributed by atoms with Crippen molar-refractivity contribution in [1.29, 1.82) is 0 Å². The van der Waals surface area contributed by atoms with Gasteiger partial charge in [0.05, 0.1) is 5.69 Å². The second-order valence-corrected chi connectivity index (χ2v) is 3.44. The van der Waals surface area contributed by atoms with Gasteiger partial charge in [-0.3, -0.25) is 4.79 Å². The van der Waals surface area contributed by atoms with E-state index in [0.717, 1.165) is 6.07 Å². The lowest BCUT2D eigenvalue weighted by Gasteiger charge is -2.05. The Morgan fingerprint density at radius 2 is 1.82 bits per heavy atom. The summed E-state index contributed by atoms with van der Waals surface area (Å²) < 4.78 is 0. The fraction of sp³-hybridized carbons (Fsp3) is 0. The van der Waals surface area contributed by atoms with Crippen molar-refractivity contribution in [2.45, 2.75) is 0 Å². The molecule has 0 atom stereocenters. The van der Waals surface area contributed by atoms with Gasteiger partial charge in [0, 0.05) is 11.6 Å². The number of carbonyl (C=O) groups is 1. The van der Waals surface area contributed by atoms with Crippen LogP contribution in [0, 0.1) is 0 Å². The van der Waals surface area contributed by atoms with E-state index in [1.54, 1.807) is 30.3 Å². The van der Waals surface area contributed by atoms with E-state index >= 15 is 0 Å². The first-order valence-corrected chi connectivity index (χ1v) is 4.84. The number of benzene rings is 1. The van der Waals surface area contributed by atoms with Crippen LogP contribution in [0.3, 0.4) is 0 Å². The number of rotatable bonds is 2. The standard InChI is InChI=1S/C12H9NO4/c14-9-6-8(12(16)17)11(15)13-10(9)7-4-2-1-3-5-7/h1-6,14H,(H,13,15)(H,16,17). The second-order valence-electron chi connectivity index (χ2n) is 3.44. The molecule has 17 heavy (non-hydrogen) atoms. The topological polar surface area (TPSA) is 90.4 Å². The number of hydrogen-bond acceptors (Lipinski definition) is 3. The zero-order valence-corrected chi connectivity index (χ0v) is 8.68. The average molecular weight is 231 g/mol. The normalized spacial score (nSPS) is 10.1. The highest BCUT2D eigenvalue weighted by Gasteiger charge is 2.13. The largest absolute Gasteiger partial charge is 0.506 e. The van der Waals surface area contributed by atoms with E-state index in [1.807, 2.05) is 0 Å². The molecule has 0 saturated carbocycles. The van der Waals surface area contributed by atoms with Crippen molar-refractivity contribution in [3.05, 3.63) is 52.3 Å². The summed E-state index contributed by atoms with van der Waals surface area (Å²) in [5, 5.41) is 18.4. The molecule has 5 nitrogen and oxygen atoms in total. The van der Waals surface area contributed by atoms with E-state index in [2.05, 4.69) is 4.98 Å². The third-order valence-electron chi connectivity index (χ3n) is 2.31. The molecule has 86 valence electrons. The van der Waals surface area contributed by atoms with Crippen LogP contribution in [-0.4, -0.2) is 21.2 Å². The van der Waals surface area contributed by atoms with Gasteiger partial charge in [-0.05, 0) is 0 Å². The lowest BCUT2D eigenvalue weighted by atomic mass is 10.1. The summed E-state index contributed by atoms with van der Waals surface area (Å²) in [5.74, 6) is -1.64. The van der Waals surface area contributed by atoms with Gasteiger partial charge in [-0.25, -0.2) is 4.79 Å². The Labute approximate surface area is 96.0 Å². The summed E-state index contributed by atoms with van der Waals surface area (Å²) in [6.45, 7) is 0. The van der Waals surface area contributed by atoms with Gasteiger partial charge < -0.3 is 15.2 Å². The molecule has 3 N–H and O–H groups in total. The summed E-state index contributed by atoms with van der Waals surface area (Å²) in [4.78, 5) is 24.5. The number of pyridine rings is 1. The summed E-state index contributed by atoms with van der Waals surface area (Å²) in [6.07, 6.45) is 0. The number of hydrogen-bond donors (Lipinski definition) is 3. The minimum Gasteiger partial charge on any atom is -0.506 e. The van der Waals surface area contributed by atoms with E-state index in [9.17, 15) is 14.7 Å². The van der Waals surface area contributed by atoms with Crippen molar-refractivity contribution in [1.82, 2.24) is 4.98 Å². The third kappa shape index (κ3) is 2.03. The molecule has 1 aromatic heterocycles. The molecule has 1 aromatic carbocycles. The molecule has 0 saturated heterocycles. The zero-order chi connectivity index (χ0) is 12.4. The van der Waals surface area contributed by atoms with Gasteiger partial charge in [-0.15, -0.1) is 0 Å². The molecule has 0 amide bonds. The number of carboxylic acids is 1. The van der Waals surface area contributed by atoms with Crippen molar-refractivity contribution in [2.75, 3.05) is 0 Å². The third-order valence-corrected chi connectivity index (χ3v) is 2.31. The van der Waals surface area contributed by atoms with E-state index in [1.165, 1.54) is 0 Å². The molecule has 5 heteroatoms. The molecule has 1 heterocycles. The van der Waals surface area contributed by atoms with Crippen LogP contribution in [0.4, 0.5) is 0 Å². The number of carboxylic acid groups (broad SMARTS) is 1. The smallest absolute Gasteiger partial charge is 0.341 e. The summed E-state index contributed by atoms with van der Waals surface area (Å²) >= 11 is 0. The van der Waals surface area contributed by atoms with Gasteiger partial charge >= 0.3 is 5.97 Å². The Morgan fingerprint density at radius 3 is 2.41 bits per heavy atom. The zero-order valence-electron chi connectivity index (χ0n) is 8.68. The molecule has 0 aliphatic rings. The molecule has 0 aliphatic carbocycles. The average Bonchev–Trinajstić information content (AvgIpc) is 2.32. The van der Waals surface area contributed by atoms with Crippen LogP contribution in [0.2, 0.25) is 0 Å². The summed E-state index contributed by atoms with van der Waals surface area (Å²) in [6, 6.07) is 9.64. The quantitative estimate of drug-likeness (QED) is 0.729. The maximum Gasteiger partial charge on any atom is 0.341 e. The van der Waals surface area contributed by atoms with Crippen LogP contribution in [0.25, 0.3) is 11.3 Å². The lowest BCUT2D eigenvalue weighted by molar-refractivity contribution is 0.0694. The minimum absolute atomic E-state index is 0.209. The molecule has 2 aromatic rings. The van der Waals surface area contributed by atoms with E-state index in [4.69, 9.17) is 5.11 Å². The Balaban J connectivity index is 2.63. The lowest BCUT2D eigenvalue weighted by Crippen LogP contribution is -2.17. The van der Waals surface area contributed by atoms with Gasteiger partial charge in [-0.2, -0.15) is 0 Å².